The summed E-state index contributed by atoms with van der Waals surface area (Å²) in [6.45, 7) is 18.1. The minimum atomic E-state index is -0.0295. The van der Waals surface area contributed by atoms with E-state index in [2.05, 4.69) is 55.4 Å². The van der Waals surface area contributed by atoms with E-state index in [4.69, 9.17) is 4.74 Å². The Bertz CT molecular complexity index is 237. The molecule has 0 aliphatic carbocycles. The van der Waals surface area contributed by atoms with Gasteiger partial charge in [-0.3, -0.25) is 0 Å². The van der Waals surface area contributed by atoms with Crippen molar-refractivity contribution in [2.75, 3.05) is 0 Å². The van der Waals surface area contributed by atoms with Gasteiger partial charge in [0.2, 0.25) is 0 Å². The van der Waals surface area contributed by atoms with E-state index < -0.39 is 0 Å². The maximum Gasteiger partial charge on any atom is 0.0684 e. The molecule has 0 N–H and O–H groups in total. The van der Waals surface area contributed by atoms with Gasteiger partial charge >= 0.3 is 0 Å². The van der Waals surface area contributed by atoms with Gasteiger partial charge in [-0.2, -0.15) is 0 Å². The molecule has 0 atom stereocenters. The fourth-order valence-corrected chi connectivity index (χ4v) is 2.90. The molecule has 1 heteroatoms. The van der Waals surface area contributed by atoms with Crippen LogP contribution in [-0.4, -0.2) is 11.2 Å². The first kappa shape index (κ1) is 20.0. The Morgan fingerprint density at radius 2 is 1.10 bits per heavy atom. The van der Waals surface area contributed by atoms with Crippen molar-refractivity contribution in [1.29, 1.82) is 0 Å². The average Bonchev–Trinajstić information content (AvgIpc) is 2.29. The number of hydrogen-bond donors (Lipinski definition) is 0. The summed E-state index contributed by atoms with van der Waals surface area (Å²) in [4.78, 5) is 0. The van der Waals surface area contributed by atoms with E-state index in [0.717, 1.165) is 12.8 Å². The molecule has 0 heterocycles. The Hall–Kier alpha value is -0.0400. The molecule has 0 radical (unpaired) electrons. The van der Waals surface area contributed by atoms with Crippen LogP contribution >= 0.6 is 0 Å². The van der Waals surface area contributed by atoms with Gasteiger partial charge in [0, 0.05) is 0 Å². The number of rotatable bonds is 9. The van der Waals surface area contributed by atoms with E-state index >= 15 is 0 Å². The van der Waals surface area contributed by atoms with Crippen molar-refractivity contribution < 1.29 is 4.74 Å². The largest absolute Gasteiger partial charge is 0.369 e. The normalized spacial score (nSPS) is 13.8. The van der Waals surface area contributed by atoms with Crippen LogP contribution in [0.15, 0.2) is 0 Å². The summed E-state index contributed by atoms with van der Waals surface area (Å²) in [5.74, 6) is 0. The summed E-state index contributed by atoms with van der Waals surface area (Å²) in [6, 6.07) is 0. The van der Waals surface area contributed by atoms with Crippen LogP contribution in [-0.2, 0) is 4.74 Å². The van der Waals surface area contributed by atoms with E-state index in [9.17, 15) is 0 Å². The summed E-state index contributed by atoms with van der Waals surface area (Å²) in [5, 5.41) is 0. The van der Waals surface area contributed by atoms with Crippen molar-refractivity contribution in [3.05, 3.63) is 0 Å². The number of ether oxygens (including phenoxy) is 1. The molecule has 0 spiro atoms. The van der Waals surface area contributed by atoms with Crippen molar-refractivity contribution in [3.63, 3.8) is 0 Å². The lowest BCUT2D eigenvalue weighted by Gasteiger charge is -2.38. The molecule has 0 unspecified atom stereocenters. The highest BCUT2D eigenvalue weighted by Gasteiger charge is 2.31. The van der Waals surface area contributed by atoms with Crippen molar-refractivity contribution in [2.45, 2.75) is 118 Å². The predicted octanol–water partition coefficient (Wildman–Crippen LogP) is 6.75. The lowest BCUT2D eigenvalue weighted by atomic mass is 9.87. The summed E-state index contributed by atoms with van der Waals surface area (Å²) in [5.41, 5.74) is 0.562. The molecule has 0 fully saturated rings. The SMILES string of the molecule is CCC(CC)(CCCCCCC(C)(C)C)OC(C)(C)C. The molecule has 0 rings (SSSR count). The topological polar surface area (TPSA) is 9.23 Å². The quantitative estimate of drug-likeness (QED) is 0.426. The zero-order valence-electron chi connectivity index (χ0n) is 15.6. The molecule has 1 nitrogen and oxygen atoms in total. The second-order valence-corrected chi connectivity index (χ2v) is 8.58. The van der Waals surface area contributed by atoms with Crippen LogP contribution in [0.25, 0.3) is 0 Å². The summed E-state index contributed by atoms with van der Waals surface area (Å²) >= 11 is 0. The second kappa shape index (κ2) is 8.41. The van der Waals surface area contributed by atoms with Crippen LogP contribution in [0.3, 0.4) is 0 Å². The third-order valence-electron chi connectivity index (χ3n) is 4.12. The Kier molecular flexibility index (Phi) is 8.40. The first-order valence-electron chi connectivity index (χ1n) is 8.74. The van der Waals surface area contributed by atoms with Crippen LogP contribution < -0.4 is 0 Å². The Morgan fingerprint density at radius 3 is 1.45 bits per heavy atom. The van der Waals surface area contributed by atoms with Crippen molar-refractivity contribution >= 4 is 0 Å². The van der Waals surface area contributed by atoms with Crippen LogP contribution in [0, 0.1) is 5.41 Å². The maximum atomic E-state index is 6.38. The molecule has 0 saturated carbocycles. The summed E-state index contributed by atoms with van der Waals surface area (Å²) < 4.78 is 6.38. The third kappa shape index (κ3) is 9.80. The molecule has 0 bridgehead atoms. The Morgan fingerprint density at radius 1 is 0.650 bits per heavy atom. The summed E-state index contributed by atoms with van der Waals surface area (Å²) in [7, 11) is 0. The highest BCUT2D eigenvalue weighted by molar-refractivity contribution is 4.81. The van der Waals surface area contributed by atoms with E-state index in [1.807, 2.05) is 0 Å². The molecule has 0 aromatic heterocycles. The zero-order chi connectivity index (χ0) is 15.9. The van der Waals surface area contributed by atoms with Gasteiger partial charge in [-0.05, 0) is 51.9 Å². The van der Waals surface area contributed by atoms with Gasteiger partial charge in [-0.15, -0.1) is 0 Å². The van der Waals surface area contributed by atoms with E-state index in [1.165, 1.54) is 38.5 Å². The minimum absolute atomic E-state index is 0.0295. The molecule has 0 aliphatic rings. The van der Waals surface area contributed by atoms with Crippen LogP contribution in [0.2, 0.25) is 0 Å². The van der Waals surface area contributed by atoms with Crippen molar-refractivity contribution in [2.24, 2.45) is 5.41 Å². The average molecular weight is 285 g/mol. The molecule has 0 aromatic carbocycles. The van der Waals surface area contributed by atoms with E-state index in [1.54, 1.807) is 0 Å². The molecule has 0 aromatic rings. The van der Waals surface area contributed by atoms with Crippen molar-refractivity contribution in [3.8, 4) is 0 Å². The number of hydrogen-bond acceptors (Lipinski definition) is 1. The van der Waals surface area contributed by atoms with Gasteiger partial charge in [0.15, 0.2) is 0 Å². The van der Waals surface area contributed by atoms with E-state index in [0.29, 0.717) is 5.41 Å². The van der Waals surface area contributed by atoms with Gasteiger partial charge in [0.1, 0.15) is 0 Å². The first-order valence-corrected chi connectivity index (χ1v) is 8.74. The van der Waals surface area contributed by atoms with Gasteiger partial charge < -0.3 is 4.74 Å². The standard InChI is InChI=1S/C19H40O/c1-9-19(10-2,20-18(6,7)8)16-14-12-11-13-15-17(3,4)5/h9-16H2,1-8H3. The van der Waals surface area contributed by atoms with Crippen LogP contribution in [0.4, 0.5) is 0 Å². The third-order valence-corrected chi connectivity index (χ3v) is 4.12. The number of unbranched alkanes of at least 4 members (excludes halogenated alkanes) is 3. The first-order chi connectivity index (χ1) is 9.04. The monoisotopic (exact) mass is 284 g/mol. The Labute approximate surface area is 128 Å². The molecular weight excluding hydrogens is 244 g/mol. The van der Waals surface area contributed by atoms with E-state index in [-0.39, 0.29) is 11.2 Å². The van der Waals surface area contributed by atoms with Crippen LogP contribution in [0.1, 0.15) is 107 Å². The fourth-order valence-electron chi connectivity index (χ4n) is 2.90. The zero-order valence-corrected chi connectivity index (χ0v) is 15.6. The predicted molar refractivity (Wildman–Crippen MR) is 91.3 cm³/mol. The highest BCUT2D eigenvalue weighted by atomic mass is 16.5. The van der Waals surface area contributed by atoms with Gasteiger partial charge in [0.05, 0.1) is 11.2 Å². The molecule has 0 amide bonds. The molecule has 20 heavy (non-hydrogen) atoms. The summed E-state index contributed by atoms with van der Waals surface area (Å²) in [6.07, 6.45) is 10.2. The highest BCUT2D eigenvalue weighted by Crippen LogP contribution is 2.32. The lowest BCUT2D eigenvalue weighted by molar-refractivity contribution is -0.141. The van der Waals surface area contributed by atoms with Gasteiger partial charge in [-0.1, -0.05) is 60.3 Å². The molecular formula is C19H40O. The fraction of sp³-hybridized carbons (Fsp3) is 1.00. The van der Waals surface area contributed by atoms with Crippen molar-refractivity contribution in [1.82, 2.24) is 0 Å². The maximum absolute atomic E-state index is 6.38. The van der Waals surface area contributed by atoms with Gasteiger partial charge in [0.25, 0.3) is 0 Å². The minimum Gasteiger partial charge on any atom is -0.369 e. The molecule has 122 valence electrons. The second-order valence-electron chi connectivity index (χ2n) is 8.58. The van der Waals surface area contributed by atoms with Gasteiger partial charge in [-0.25, -0.2) is 0 Å². The smallest absolute Gasteiger partial charge is 0.0684 e. The Balaban J connectivity index is 4.04. The lowest BCUT2D eigenvalue weighted by Crippen LogP contribution is -2.39. The van der Waals surface area contributed by atoms with Crippen LogP contribution in [0.5, 0.6) is 0 Å². The molecule has 0 aliphatic heterocycles. The molecule has 0 saturated heterocycles.